The van der Waals surface area contributed by atoms with Gasteiger partial charge in [0.15, 0.2) is 5.76 Å². The largest absolute Gasteiger partial charge is 0.354 e. The lowest BCUT2D eigenvalue weighted by atomic mass is 10.0. The summed E-state index contributed by atoms with van der Waals surface area (Å²) in [5.41, 5.74) is 3.81. The summed E-state index contributed by atoms with van der Waals surface area (Å²) in [4.78, 5) is 12.4. The van der Waals surface area contributed by atoms with Crippen LogP contribution >= 0.6 is 0 Å². The highest BCUT2D eigenvalue weighted by Crippen LogP contribution is 2.33. The maximum Gasteiger partial charge on any atom is 0.264 e. The van der Waals surface area contributed by atoms with Crippen LogP contribution in [0.3, 0.4) is 0 Å². The quantitative estimate of drug-likeness (QED) is 0.575. The van der Waals surface area contributed by atoms with Gasteiger partial charge in [0.2, 0.25) is 5.91 Å². The fourth-order valence-electron chi connectivity index (χ4n) is 4.02. The molecule has 2 aromatic carbocycles. The number of aryl methyl sites for hydroxylation is 2. The summed E-state index contributed by atoms with van der Waals surface area (Å²) in [6.45, 7) is 2.25. The van der Waals surface area contributed by atoms with Crippen LogP contribution in [-0.2, 0) is 21.2 Å². The van der Waals surface area contributed by atoms with E-state index in [1.807, 2.05) is 24.3 Å². The fraction of sp³-hybridized carbons (Fsp3) is 0.280. The van der Waals surface area contributed by atoms with Crippen molar-refractivity contribution in [1.82, 2.24) is 5.16 Å². The Bertz CT molecular complexity index is 1320. The van der Waals surface area contributed by atoms with Crippen molar-refractivity contribution < 1.29 is 17.7 Å². The summed E-state index contributed by atoms with van der Waals surface area (Å²) in [5, 5.41) is 6.85. The van der Waals surface area contributed by atoms with Gasteiger partial charge in [0.1, 0.15) is 11.4 Å². The molecule has 0 atom stereocenters. The molecule has 1 aromatic heterocycles. The molecule has 0 spiro atoms. The van der Waals surface area contributed by atoms with Gasteiger partial charge in [-0.2, -0.15) is 0 Å². The van der Waals surface area contributed by atoms with Crippen LogP contribution in [0.15, 0.2) is 57.9 Å². The Morgan fingerprint density at radius 2 is 1.88 bits per heavy atom. The van der Waals surface area contributed by atoms with Crippen LogP contribution < -0.4 is 9.62 Å². The van der Waals surface area contributed by atoms with E-state index in [2.05, 4.69) is 10.5 Å². The number of carbonyl (C=O) groups excluding carboxylic acids is 1. The Kier molecular flexibility index (Phi) is 5.54. The van der Waals surface area contributed by atoms with Gasteiger partial charge in [0.05, 0.1) is 10.6 Å². The number of carbonyl (C=O) groups is 1. The Balaban J connectivity index is 1.35. The van der Waals surface area contributed by atoms with Crippen molar-refractivity contribution in [1.29, 1.82) is 0 Å². The molecule has 1 amide bonds. The molecule has 0 bridgehead atoms. The number of anilines is 2. The van der Waals surface area contributed by atoms with Crippen molar-refractivity contribution in [3.8, 4) is 0 Å². The van der Waals surface area contributed by atoms with Crippen LogP contribution in [0, 0.1) is 12.8 Å². The molecule has 8 heteroatoms. The molecule has 170 valence electrons. The molecule has 7 nitrogen and oxygen atoms in total. The van der Waals surface area contributed by atoms with Gasteiger partial charge in [-0.3, -0.25) is 9.10 Å². The second-order valence-corrected chi connectivity index (χ2v) is 10.3. The zero-order valence-electron chi connectivity index (χ0n) is 18.3. The number of fused-ring (bicyclic) bond motifs is 1. The lowest BCUT2D eigenvalue weighted by Gasteiger charge is -2.30. The maximum atomic E-state index is 13.3. The highest BCUT2D eigenvalue weighted by atomic mass is 32.2. The number of nitrogens with zero attached hydrogens (tertiary/aromatic N) is 2. The van der Waals surface area contributed by atoms with E-state index in [1.165, 1.54) is 4.31 Å². The van der Waals surface area contributed by atoms with Gasteiger partial charge in [-0.25, -0.2) is 8.42 Å². The van der Waals surface area contributed by atoms with E-state index >= 15 is 0 Å². The second kappa shape index (κ2) is 8.51. The molecular weight excluding hydrogens is 438 g/mol. The lowest BCUT2D eigenvalue weighted by Crippen LogP contribution is -2.35. The smallest absolute Gasteiger partial charge is 0.264 e. The van der Waals surface area contributed by atoms with Gasteiger partial charge >= 0.3 is 0 Å². The highest BCUT2D eigenvalue weighted by Gasteiger charge is 2.31. The number of hydrogen-bond acceptors (Lipinski definition) is 5. The minimum absolute atomic E-state index is 0.00945. The summed E-state index contributed by atoms with van der Waals surface area (Å²) < 4.78 is 33.4. The minimum Gasteiger partial charge on any atom is -0.354 e. The zero-order valence-corrected chi connectivity index (χ0v) is 19.1. The summed E-state index contributed by atoms with van der Waals surface area (Å²) in [6.07, 6.45) is 7.05. The third-order valence-electron chi connectivity index (χ3n) is 6.05. The van der Waals surface area contributed by atoms with Crippen LogP contribution in [-0.4, -0.2) is 26.0 Å². The monoisotopic (exact) mass is 463 g/mol. The Morgan fingerprint density at radius 3 is 2.64 bits per heavy atom. The first-order valence-electron chi connectivity index (χ1n) is 11.1. The van der Waals surface area contributed by atoms with Crippen LogP contribution in [0.25, 0.3) is 12.2 Å². The van der Waals surface area contributed by atoms with Gasteiger partial charge < -0.3 is 9.84 Å². The summed E-state index contributed by atoms with van der Waals surface area (Å²) >= 11 is 0. The highest BCUT2D eigenvalue weighted by molar-refractivity contribution is 7.92. The zero-order chi connectivity index (χ0) is 23.0. The average Bonchev–Trinajstić information content (AvgIpc) is 3.63. The van der Waals surface area contributed by atoms with Gasteiger partial charge in [-0.05, 0) is 68.0 Å². The van der Waals surface area contributed by atoms with Gasteiger partial charge in [0.25, 0.3) is 10.0 Å². The molecule has 1 saturated carbocycles. The van der Waals surface area contributed by atoms with Crippen LogP contribution in [0.4, 0.5) is 11.4 Å². The molecule has 1 N–H and O–H groups in total. The Labute approximate surface area is 193 Å². The maximum absolute atomic E-state index is 13.3. The first-order valence-corrected chi connectivity index (χ1v) is 12.5. The second-order valence-electron chi connectivity index (χ2n) is 8.48. The summed E-state index contributed by atoms with van der Waals surface area (Å²) in [5.74, 6) is 0.533. The number of rotatable bonds is 6. The Morgan fingerprint density at radius 1 is 1.12 bits per heavy atom. The molecule has 33 heavy (non-hydrogen) atoms. The predicted molar refractivity (Wildman–Crippen MR) is 127 cm³/mol. The van der Waals surface area contributed by atoms with Crippen molar-refractivity contribution in [2.24, 2.45) is 5.92 Å². The molecule has 2 aliphatic rings. The summed E-state index contributed by atoms with van der Waals surface area (Å²) in [7, 11) is -3.65. The molecule has 5 rings (SSSR count). The minimum atomic E-state index is -3.65. The van der Waals surface area contributed by atoms with Crippen LogP contribution in [0.5, 0.6) is 0 Å². The van der Waals surface area contributed by atoms with Gasteiger partial charge in [-0.15, -0.1) is 0 Å². The van der Waals surface area contributed by atoms with E-state index < -0.39 is 10.0 Å². The van der Waals surface area contributed by atoms with Crippen LogP contribution in [0.2, 0.25) is 0 Å². The SMILES string of the molecule is Cc1noc(C=Cc2ccc(S(=O)(=O)N3CCCc4ccccc43)cc2)c1NC(=O)C1CC1. The molecular formula is C25H25N3O4S. The van der Waals surface area contributed by atoms with E-state index in [1.54, 1.807) is 43.3 Å². The number of amides is 1. The topological polar surface area (TPSA) is 92.5 Å². The molecule has 0 saturated heterocycles. The molecule has 3 aromatic rings. The number of para-hydroxylation sites is 1. The molecule has 0 radical (unpaired) electrons. The first-order chi connectivity index (χ1) is 15.9. The fourth-order valence-corrected chi connectivity index (χ4v) is 5.56. The number of aromatic nitrogens is 1. The van der Waals surface area contributed by atoms with E-state index in [4.69, 9.17) is 4.52 Å². The number of hydrogen-bond donors (Lipinski definition) is 1. The first kappa shape index (κ1) is 21.5. The average molecular weight is 464 g/mol. The van der Waals surface area contributed by atoms with E-state index in [-0.39, 0.29) is 16.7 Å². The van der Waals surface area contributed by atoms with Crippen molar-refractivity contribution in [2.45, 2.75) is 37.5 Å². The standard InChI is InChI=1S/C25H25N3O4S/c1-17-24(26-25(29)20-11-12-20)23(32-27-17)15-10-18-8-13-21(14-9-18)33(30,31)28-16-4-6-19-5-2-3-7-22(19)28/h2-3,5,7-10,13-15,20H,4,6,11-12,16H2,1H3,(H,26,29). The normalized spacial score (nSPS) is 16.1. The number of benzene rings is 2. The van der Waals surface area contributed by atoms with E-state index in [0.29, 0.717) is 23.7 Å². The molecule has 0 unspecified atom stereocenters. The third kappa shape index (κ3) is 4.30. The molecule has 1 aliphatic heterocycles. The third-order valence-corrected chi connectivity index (χ3v) is 7.88. The van der Waals surface area contributed by atoms with Crippen LogP contribution in [0.1, 0.15) is 41.8 Å². The van der Waals surface area contributed by atoms with E-state index in [0.717, 1.165) is 42.5 Å². The van der Waals surface area contributed by atoms with E-state index in [9.17, 15) is 13.2 Å². The predicted octanol–water partition coefficient (Wildman–Crippen LogP) is 4.64. The number of sulfonamides is 1. The van der Waals surface area contributed by atoms with Crippen molar-refractivity contribution >= 4 is 39.5 Å². The molecule has 2 heterocycles. The number of nitrogens with one attached hydrogen (secondary N) is 1. The Hall–Kier alpha value is -3.39. The lowest BCUT2D eigenvalue weighted by molar-refractivity contribution is -0.117. The molecule has 1 aliphatic carbocycles. The van der Waals surface area contributed by atoms with Crippen molar-refractivity contribution in [3.05, 3.63) is 71.1 Å². The van der Waals surface area contributed by atoms with Crippen molar-refractivity contribution in [2.75, 3.05) is 16.2 Å². The van der Waals surface area contributed by atoms with Gasteiger partial charge in [-0.1, -0.05) is 41.6 Å². The molecule has 1 fully saturated rings. The van der Waals surface area contributed by atoms with Gasteiger partial charge in [0, 0.05) is 12.5 Å². The van der Waals surface area contributed by atoms with Crippen molar-refractivity contribution in [3.63, 3.8) is 0 Å². The summed E-state index contributed by atoms with van der Waals surface area (Å²) in [6, 6.07) is 14.4.